The van der Waals surface area contributed by atoms with Crippen molar-refractivity contribution in [3.05, 3.63) is 35.4 Å². The maximum absolute atomic E-state index is 14.9. The number of carbonyl (C=O) groups excluding carboxylic acids is 1. The van der Waals surface area contributed by atoms with Crippen LogP contribution in [0.4, 0.5) is 10.4 Å². The largest absolute Gasteiger partial charge is 0.493 e. The van der Waals surface area contributed by atoms with Crippen molar-refractivity contribution in [2.75, 3.05) is 44.2 Å². The highest BCUT2D eigenvalue weighted by Crippen LogP contribution is 2.96. The van der Waals surface area contributed by atoms with Crippen molar-refractivity contribution < 1.29 is 23.4 Å². The predicted octanol–water partition coefficient (Wildman–Crippen LogP) is 1.50. The Bertz CT molecular complexity index is 1390. The van der Waals surface area contributed by atoms with Crippen molar-refractivity contribution in [2.45, 2.75) is 51.9 Å². The second kappa shape index (κ2) is 9.80. The first-order valence-electron chi connectivity index (χ1n) is 15.0. The van der Waals surface area contributed by atoms with Crippen LogP contribution in [0.2, 0.25) is 0 Å². The van der Waals surface area contributed by atoms with E-state index >= 15 is 0 Å². The lowest BCUT2D eigenvalue weighted by molar-refractivity contribution is -0.465. The van der Waals surface area contributed by atoms with Crippen LogP contribution in [0.25, 0.3) is 0 Å². The molecule has 3 saturated carbocycles. The average molecular weight is 565 g/mol. The van der Waals surface area contributed by atoms with E-state index < -0.39 is 5.82 Å². The predicted molar refractivity (Wildman–Crippen MR) is 150 cm³/mol. The number of anilines is 1. The highest BCUT2D eigenvalue weighted by Gasteiger charge is 2.91. The van der Waals surface area contributed by atoms with Crippen LogP contribution in [-0.2, 0) is 11.2 Å². The first-order valence-corrected chi connectivity index (χ1v) is 15.0. The zero-order valence-corrected chi connectivity index (χ0v) is 23.8. The van der Waals surface area contributed by atoms with Crippen LogP contribution < -0.4 is 20.4 Å². The van der Waals surface area contributed by atoms with Gasteiger partial charge in [0.2, 0.25) is 12.2 Å². The molecule has 2 spiro atoms. The van der Waals surface area contributed by atoms with Gasteiger partial charge < -0.3 is 24.8 Å². The van der Waals surface area contributed by atoms with Gasteiger partial charge in [-0.15, -0.1) is 0 Å². The summed E-state index contributed by atoms with van der Waals surface area (Å²) in [4.78, 5) is 28.4. The zero-order chi connectivity index (χ0) is 28.4. The fourth-order valence-corrected chi connectivity index (χ4v) is 8.14. The molecule has 10 nitrogen and oxygen atoms in total. The number of benzene rings is 1. The standard InChI is InChI=1S/C30H38FN7O3/c1-18(2)27-35-28(41-36-27)37-8-5-22-23(6-9-37)30(22)16-29(30)13-20(29)15-40-21-4-3-19(24(31)12-21)11-26(39)38-10-7-33-25(14-38)34-17-32/h3-4,12,17-18,20,22-23H,5-11,13-16H2,1-2H3,(H2,32,33,34)/p+1/t20-,22+,23?,29-,30?/m1/s1. The zero-order valence-electron chi connectivity index (χ0n) is 23.8. The second-order valence-electron chi connectivity index (χ2n) is 12.8. The van der Waals surface area contributed by atoms with Gasteiger partial charge in [-0.2, -0.15) is 4.98 Å². The van der Waals surface area contributed by atoms with Gasteiger partial charge in [-0.3, -0.25) is 9.79 Å². The molecule has 0 bridgehead atoms. The molecular formula is C30H39FN7O3+. The number of nitrogens with zero attached hydrogens (tertiary/aromatic N) is 5. The Morgan fingerprint density at radius 1 is 1.32 bits per heavy atom. The maximum atomic E-state index is 14.9. The molecule has 3 aliphatic carbocycles. The Morgan fingerprint density at radius 3 is 2.83 bits per heavy atom. The number of amidine groups is 1. The minimum Gasteiger partial charge on any atom is -0.493 e. The quantitative estimate of drug-likeness (QED) is 0.386. The van der Waals surface area contributed by atoms with Gasteiger partial charge >= 0.3 is 11.9 Å². The van der Waals surface area contributed by atoms with Crippen molar-refractivity contribution in [1.82, 2.24) is 15.0 Å². The minimum absolute atomic E-state index is 0.00554. The Hall–Kier alpha value is -3.50. The van der Waals surface area contributed by atoms with Crippen molar-refractivity contribution in [3.63, 3.8) is 0 Å². The molecule has 2 unspecified atom stereocenters. The van der Waals surface area contributed by atoms with E-state index in [1.165, 1.54) is 38.1 Å². The molecule has 1 amide bonds. The lowest BCUT2D eigenvalue weighted by Crippen LogP contribution is -2.79. The third-order valence-electron chi connectivity index (χ3n) is 10.4. The summed E-state index contributed by atoms with van der Waals surface area (Å²) in [6.45, 7) is 8.23. The molecule has 1 aromatic carbocycles. The molecule has 3 N–H and O–H groups in total. The molecular weight excluding hydrogens is 525 g/mol. The Kier molecular flexibility index (Phi) is 6.31. The number of hydrogen-bond acceptors (Lipinski definition) is 7. The van der Waals surface area contributed by atoms with Crippen LogP contribution in [0.1, 0.15) is 56.8 Å². The summed E-state index contributed by atoms with van der Waals surface area (Å²) in [5.41, 5.74) is 6.69. The summed E-state index contributed by atoms with van der Waals surface area (Å²) in [5, 5.41) is 4.14. The van der Waals surface area contributed by atoms with Gasteiger partial charge in [-0.25, -0.2) is 4.39 Å². The smallest absolute Gasteiger partial charge is 0.324 e. The first-order chi connectivity index (χ1) is 19.8. The first kappa shape index (κ1) is 26.4. The SMILES string of the molecule is CC(C)c1noc(N2CCC3[C@H](CC2)C32C[C@@]23C[C@@H]3COc2ccc(CC(=O)N3CC[NH+]=C(N=CN)C3)c(F)c2)n1. The number of fused-ring (bicyclic) bond motifs is 4. The summed E-state index contributed by atoms with van der Waals surface area (Å²) in [6.07, 6.45) is 6.10. The number of carbonyl (C=O) groups is 1. The molecule has 11 heteroatoms. The summed E-state index contributed by atoms with van der Waals surface area (Å²) in [6, 6.07) is 5.55. The third kappa shape index (κ3) is 4.48. The van der Waals surface area contributed by atoms with Gasteiger partial charge in [0.15, 0.2) is 5.82 Å². The van der Waals surface area contributed by atoms with Gasteiger partial charge in [0.1, 0.15) is 24.7 Å². The number of rotatable bonds is 7. The van der Waals surface area contributed by atoms with Crippen LogP contribution in [0.3, 0.4) is 0 Å². The minimum atomic E-state index is -0.403. The van der Waals surface area contributed by atoms with Gasteiger partial charge in [-0.05, 0) is 70.9 Å². The highest BCUT2D eigenvalue weighted by atomic mass is 19.1. The van der Waals surface area contributed by atoms with Crippen LogP contribution in [0.5, 0.6) is 5.75 Å². The summed E-state index contributed by atoms with van der Waals surface area (Å²) >= 11 is 0. The van der Waals surface area contributed by atoms with E-state index in [9.17, 15) is 9.18 Å². The van der Waals surface area contributed by atoms with Crippen molar-refractivity contribution >= 4 is 24.1 Å². The van der Waals surface area contributed by atoms with Gasteiger partial charge in [-0.1, -0.05) is 25.1 Å². The third-order valence-corrected chi connectivity index (χ3v) is 10.4. The number of aromatic nitrogens is 2. The van der Waals surface area contributed by atoms with E-state index in [4.69, 9.17) is 15.0 Å². The van der Waals surface area contributed by atoms with E-state index in [1.807, 2.05) is 0 Å². The molecule has 1 aromatic heterocycles. The normalized spacial score (nSPS) is 31.9. The number of nitrogens with one attached hydrogen (secondary N) is 1. The van der Waals surface area contributed by atoms with Crippen LogP contribution in [0, 0.1) is 34.4 Å². The lowest BCUT2D eigenvalue weighted by atomic mass is 10.1. The molecule has 5 atom stereocenters. The van der Waals surface area contributed by atoms with E-state index in [-0.39, 0.29) is 18.2 Å². The maximum Gasteiger partial charge on any atom is 0.324 e. The Labute approximate surface area is 239 Å². The van der Waals surface area contributed by atoms with Gasteiger partial charge in [0, 0.05) is 25.1 Å². The topological polar surface area (TPSA) is 124 Å². The molecule has 2 aliphatic heterocycles. The van der Waals surface area contributed by atoms with Crippen LogP contribution in [0.15, 0.2) is 27.7 Å². The van der Waals surface area contributed by atoms with E-state index in [1.54, 1.807) is 17.0 Å². The van der Waals surface area contributed by atoms with E-state index in [2.05, 4.69) is 38.9 Å². The number of halogens is 1. The highest BCUT2D eigenvalue weighted by molar-refractivity contribution is 5.90. The number of hydrogen-bond donors (Lipinski definition) is 2. The summed E-state index contributed by atoms with van der Waals surface area (Å²) < 4.78 is 26.6. The summed E-state index contributed by atoms with van der Waals surface area (Å²) in [7, 11) is 0. The Balaban J connectivity index is 0.892. The van der Waals surface area contributed by atoms with Crippen LogP contribution >= 0.6 is 0 Å². The number of nitrogens with two attached hydrogens (primary N) is 1. The molecule has 218 valence electrons. The fraction of sp³-hybridized carbons (Fsp3) is 0.633. The van der Waals surface area contributed by atoms with E-state index in [0.717, 1.165) is 30.7 Å². The number of amides is 1. The molecule has 7 rings (SSSR count). The molecule has 5 aliphatic rings. The molecule has 3 heterocycles. The molecule has 1 saturated heterocycles. The molecule has 41 heavy (non-hydrogen) atoms. The van der Waals surface area contributed by atoms with Crippen molar-refractivity contribution in [1.29, 1.82) is 0 Å². The van der Waals surface area contributed by atoms with Crippen molar-refractivity contribution in [2.24, 2.45) is 39.3 Å². The average Bonchev–Trinajstić information content (AvgIpc) is 3.89. The molecule has 2 aromatic rings. The number of ether oxygens (including phenoxy) is 1. The second-order valence-corrected chi connectivity index (χ2v) is 12.8. The summed E-state index contributed by atoms with van der Waals surface area (Å²) in [5.74, 6) is 3.79. The molecule has 0 radical (unpaired) electrons. The Morgan fingerprint density at radius 2 is 2.12 bits per heavy atom. The van der Waals surface area contributed by atoms with Crippen LogP contribution in [-0.4, -0.2) is 72.5 Å². The van der Waals surface area contributed by atoms with Gasteiger partial charge in [0.25, 0.3) is 0 Å². The fourth-order valence-electron chi connectivity index (χ4n) is 8.14. The number of aliphatic imine (C=N–C) groups is 1. The van der Waals surface area contributed by atoms with E-state index in [0.29, 0.717) is 66.2 Å². The molecule has 4 fully saturated rings. The monoisotopic (exact) mass is 564 g/mol. The van der Waals surface area contributed by atoms with Gasteiger partial charge in [0.05, 0.1) is 19.6 Å². The van der Waals surface area contributed by atoms with Crippen molar-refractivity contribution in [3.8, 4) is 5.75 Å². The lowest BCUT2D eigenvalue weighted by Gasteiger charge is -2.22.